The molecular formula is C14H20ClN5O. The Labute approximate surface area is 129 Å². The fourth-order valence-electron chi connectivity index (χ4n) is 2.19. The predicted molar refractivity (Wildman–Crippen MR) is 81.5 cm³/mol. The minimum absolute atomic E-state index is 0.286. The van der Waals surface area contributed by atoms with E-state index in [1.165, 1.54) is 6.33 Å². The van der Waals surface area contributed by atoms with Crippen LogP contribution < -0.4 is 10.5 Å². The number of hydrogen-bond donors (Lipinski definition) is 1. The highest BCUT2D eigenvalue weighted by molar-refractivity contribution is 6.31. The summed E-state index contributed by atoms with van der Waals surface area (Å²) < 4.78 is 7.00. The summed E-state index contributed by atoms with van der Waals surface area (Å²) in [5.74, 6) is 0.500. The molecule has 2 N–H and O–H groups in total. The van der Waals surface area contributed by atoms with Gasteiger partial charge >= 0.3 is 0 Å². The second-order valence-corrected chi connectivity index (χ2v) is 5.05. The van der Waals surface area contributed by atoms with Crippen LogP contribution in [0.15, 0.2) is 12.4 Å². The van der Waals surface area contributed by atoms with Crippen LogP contribution in [0.25, 0.3) is 0 Å². The Kier molecular flexibility index (Phi) is 5.14. The highest BCUT2D eigenvalue weighted by Gasteiger charge is 2.19. The number of methoxy groups -OCH3 is 1. The van der Waals surface area contributed by atoms with Crippen molar-refractivity contribution in [2.24, 2.45) is 5.73 Å². The summed E-state index contributed by atoms with van der Waals surface area (Å²) in [5.41, 5.74) is 8.82. The molecule has 1 unspecified atom stereocenters. The van der Waals surface area contributed by atoms with Crippen LogP contribution in [0.5, 0.6) is 5.88 Å². The Morgan fingerprint density at radius 2 is 2.14 bits per heavy atom. The van der Waals surface area contributed by atoms with E-state index in [1.54, 1.807) is 13.2 Å². The molecule has 0 bridgehead atoms. The summed E-state index contributed by atoms with van der Waals surface area (Å²) in [6, 6.07) is 1.46. The van der Waals surface area contributed by atoms with E-state index < -0.39 is 0 Å². The molecule has 2 aromatic heterocycles. The first-order valence-corrected chi connectivity index (χ1v) is 7.34. The lowest BCUT2D eigenvalue weighted by molar-refractivity contribution is 0.395. The number of aromatic nitrogens is 4. The van der Waals surface area contributed by atoms with Gasteiger partial charge in [0.05, 0.1) is 35.3 Å². The maximum Gasteiger partial charge on any atom is 0.216 e. The van der Waals surface area contributed by atoms with Crippen molar-refractivity contribution in [3.8, 4) is 5.88 Å². The predicted octanol–water partition coefficient (Wildman–Crippen LogP) is 2.16. The topological polar surface area (TPSA) is 78.9 Å². The summed E-state index contributed by atoms with van der Waals surface area (Å²) >= 11 is 6.40. The number of halogens is 1. The van der Waals surface area contributed by atoms with Crippen LogP contribution in [0.1, 0.15) is 37.0 Å². The molecule has 0 aliphatic rings. The van der Waals surface area contributed by atoms with Crippen molar-refractivity contribution >= 4 is 11.6 Å². The maximum absolute atomic E-state index is 6.40. The van der Waals surface area contributed by atoms with Gasteiger partial charge in [0.2, 0.25) is 5.88 Å². The molecule has 2 rings (SSSR count). The molecule has 2 aromatic rings. The van der Waals surface area contributed by atoms with Crippen LogP contribution >= 0.6 is 11.6 Å². The molecule has 0 saturated heterocycles. The Morgan fingerprint density at radius 3 is 2.76 bits per heavy atom. The molecule has 0 saturated carbocycles. The molecule has 0 aliphatic heterocycles. The van der Waals surface area contributed by atoms with E-state index in [9.17, 15) is 0 Å². The molecule has 114 valence electrons. The lowest BCUT2D eigenvalue weighted by atomic mass is 10.1. The fourth-order valence-corrected chi connectivity index (χ4v) is 2.54. The third-order valence-electron chi connectivity index (χ3n) is 3.36. The largest absolute Gasteiger partial charge is 0.481 e. The zero-order valence-corrected chi connectivity index (χ0v) is 13.3. The second-order valence-electron chi connectivity index (χ2n) is 4.67. The van der Waals surface area contributed by atoms with Gasteiger partial charge in [-0.1, -0.05) is 18.5 Å². The first-order valence-electron chi connectivity index (χ1n) is 6.96. The van der Waals surface area contributed by atoms with E-state index in [2.05, 4.69) is 15.1 Å². The third-order valence-corrected chi connectivity index (χ3v) is 3.80. The van der Waals surface area contributed by atoms with E-state index in [4.69, 9.17) is 22.1 Å². The highest BCUT2D eigenvalue weighted by Crippen LogP contribution is 2.26. The van der Waals surface area contributed by atoms with Crippen LogP contribution in [0.4, 0.5) is 0 Å². The van der Waals surface area contributed by atoms with Crippen molar-refractivity contribution in [2.75, 3.05) is 7.11 Å². The molecule has 6 nitrogen and oxygen atoms in total. The summed E-state index contributed by atoms with van der Waals surface area (Å²) in [6.45, 7) is 4.83. The molecule has 0 fully saturated rings. The minimum Gasteiger partial charge on any atom is -0.481 e. The average Bonchev–Trinajstić information content (AvgIpc) is 2.83. The zero-order valence-electron chi connectivity index (χ0n) is 12.5. The summed E-state index contributed by atoms with van der Waals surface area (Å²) in [4.78, 5) is 8.19. The molecular weight excluding hydrogens is 290 g/mol. The lowest BCUT2D eigenvalue weighted by Gasteiger charge is -2.13. The Hall–Kier alpha value is -1.66. The quantitative estimate of drug-likeness (QED) is 0.884. The zero-order chi connectivity index (χ0) is 15.4. The van der Waals surface area contributed by atoms with Gasteiger partial charge in [0.25, 0.3) is 0 Å². The van der Waals surface area contributed by atoms with Gasteiger partial charge < -0.3 is 10.5 Å². The smallest absolute Gasteiger partial charge is 0.216 e. The van der Waals surface area contributed by atoms with E-state index in [1.807, 2.05) is 18.5 Å². The van der Waals surface area contributed by atoms with Crippen molar-refractivity contribution < 1.29 is 4.74 Å². The lowest BCUT2D eigenvalue weighted by Crippen LogP contribution is -2.18. The number of nitrogens with two attached hydrogens (primary N) is 1. The van der Waals surface area contributed by atoms with E-state index in [0.717, 1.165) is 30.0 Å². The number of hydrogen-bond acceptors (Lipinski definition) is 5. The molecule has 0 aliphatic carbocycles. The van der Waals surface area contributed by atoms with Crippen molar-refractivity contribution in [1.29, 1.82) is 0 Å². The van der Waals surface area contributed by atoms with E-state index >= 15 is 0 Å². The van der Waals surface area contributed by atoms with Crippen molar-refractivity contribution in [1.82, 2.24) is 19.7 Å². The summed E-state index contributed by atoms with van der Waals surface area (Å²) in [7, 11) is 1.56. The van der Waals surface area contributed by atoms with Gasteiger partial charge in [-0.25, -0.2) is 9.97 Å². The first kappa shape index (κ1) is 15.7. The van der Waals surface area contributed by atoms with Crippen molar-refractivity contribution in [3.63, 3.8) is 0 Å². The normalized spacial score (nSPS) is 12.4. The second kappa shape index (κ2) is 6.87. The van der Waals surface area contributed by atoms with Crippen LogP contribution in [0.3, 0.4) is 0 Å². The molecule has 0 spiro atoms. The maximum atomic E-state index is 6.40. The molecule has 0 aromatic carbocycles. The van der Waals surface area contributed by atoms with Gasteiger partial charge in [0, 0.05) is 19.0 Å². The van der Waals surface area contributed by atoms with Crippen LogP contribution in [-0.4, -0.2) is 26.9 Å². The molecule has 0 amide bonds. The first-order chi connectivity index (χ1) is 10.1. The Bertz CT molecular complexity index is 613. The van der Waals surface area contributed by atoms with E-state index in [-0.39, 0.29) is 6.04 Å². The SMILES string of the molecule is CCc1nn(CC)c(CC(N)c2cc(OC)ncn2)c1Cl. The van der Waals surface area contributed by atoms with Gasteiger partial charge in [-0.2, -0.15) is 5.10 Å². The third kappa shape index (κ3) is 3.33. The summed E-state index contributed by atoms with van der Waals surface area (Å²) in [5, 5.41) is 5.20. The van der Waals surface area contributed by atoms with Gasteiger partial charge in [0.1, 0.15) is 6.33 Å². The monoisotopic (exact) mass is 309 g/mol. The fraction of sp³-hybridized carbons (Fsp3) is 0.500. The van der Waals surface area contributed by atoms with Crippen LogP contribution in [0, 0.1) is 0 Å². The molecule has 0 radical (unpaired) electrons. The molecule has 21 heavy (non-hydrogen) atoms. The van der Waals surface area contributed by atoms with Gasteiger partial charge in [-0.05, 0) is 13.3 Å². The van der Waals surface area contributed by atoms with Gasteiger partial charge in [-0.3, -0.25) is 4.68 Å². The van der Waals surface area contributed by atoms with Gasteiger partial charge in [0.15, 0.2) is 0 Å². The standard InChI is InChI=1S/C14H20ClN5O/c1-4-10-14(15)12(20(5-2)19-10)6-9(16)11-7-13(21-3)18-8-17-11/h7-9H,4-6,16H2,1-3H3. The van der Waals surface area contributed by atoms with Crippen molar-refractivity contribution in [3.05, 3.63) is 34.5 Å². The number of ether oxygens (including phenoxy) is 1. The molecule has 7 heteroatoms. The Morgan fingerprint density at radius 1 is 1.38 bits per heavy atom. The van der Waals surface area contributed by atoms with Crippen LogP contribution in [-0.2, 0) is 19.4 Å². The average molecular weight is 310 g/mol. The number of rotatable bonds is 6. The van der Waals surface area contributed by atoms with E-state index in [0.29, 0.717) is 17.3 Å². The van der Waals surface area contributed by atoms with Crippen LogP contribution in [0.2, 0.25) is 5.02 Å². The summed E-state index contributed by atoms with van der Waals surface area (Å²) in [6.07, 6.45) is 2.82. The van der Waals surface area contributed by atoms with Gasteiger partial charge in [-0.15, -0.1) is 0 Å². The minimum atomic E-state index is -0.286. The Balaban J connectivity index is 2.26. The van der Waals surface area contributed by atoms with Crippen molar-refractivity contribution in [2.45, 2.75) is 39.3 Å². The molecule has 1 atom stereocenters. The highest BCUT2D eigenvalue weighted by atomic mass is 35.5. The number of aryl methyl sites for hydroxylation is 2. The number of nitrogens with zero attached hydrogens (tertiary/aromatic N) is 4. The molecule has 2 heterocycles.